The molecule has 3 aliphatic rings. The summed E-state index contributed by atoms with van der Waals surface area (Å²) in [6, 6.07) is 7.75. The van der Waals surface area contributed by atoms with Crippen LogP contribution in [0.5, 0.6) is 0 Å². The first-order chi connectivity index (χ1) is 22.1. The summed E-state index contributed by atoms with van der Waals surface area (Å²) in [6.45, 7) is 11.8. The Morgan fingerprint density at radius 3 is 2.63 bits per heavy atom. The van der Waals surface area contributed by atoms with Crippen molar-refractivity contribution in [3.05, 3.63) is 61.2 Å². The third kappa shape index (κ3) is 7.42. The number of ether oxygens (including phenoxy) is 2. The third-order valence-corrected chi connectivity index (χ3v) is 10.2. The molecule has 2 N–H and O–H groups in total. The Balaban J connectivity index is 1.67. The standard InChI is InChI=1S/C35H48BrN3O7/c1-5-8-13-18-38(17-7-3)33(43)31-35-20-26(36)30(46-35)28(34(44)45-23(4)21-37-27(41)16-9-6-2)29(35)32(42)39(31)25(22-40)19-24-14-11-10-12-15-24/h6-7,10-12,14-15,23,25-26,28-31,40H,2-3,5,8-9,13,16-22H2,1,4H3,(H,37,41)/t23-,25+,26?,28+,29-,30+,31+,35-/m0/s1. The Labute approximate surface area is 280 Å². The number of carbonyl (C=O) groups is 4. The molecule has 252 valence electrons. The Hall–Kier alpha value is -3.02. The van der Waals surface area contributed by atoms with Crippen molar-refractivity contribution in [2.75, 3.05) is 26.2 Å². The van der Waals surface area contributed by atoms with Crippen LogP contribution in [0.15, 0.2) is 55.6 Å². The first-order valence-electron chi connectivity index (χ1n) is 16.4. The van der Waals surface area contributed by atoms with Crippen molar-refractivity contribution in [2.24, 2.45) is 11.8 Å². The van der Waals surface area contributed by atoms with Crippen molar-refractivity contribution >= 4 is 39.6 Å². The number of alkyl halides is 1. The minimum atomic E-state index is -1.28. The van der Waals surface area contributed by atoms with Crippen LogP contribution in [0.1, 0.15) is 57.9 Å². The maximum absolute atomic E-state index is 14.6. The van der Waals surface area contributed by atoms with Gasteiger partial charge in [0, 0.05) is 24.3 Å². The maximum Gasteiger partial charge on any atom is 0.312 e. The number of carbonyl (C=O) groups excluding carboxylic acids is 4. The molecule has 0 radical (unpaired) electrons. The molecule has 0 aliphatic carbocycles. The molecule has 0 saturated carbocycles. The van der Waals surface area contributed by atoms with Gasteiger partial charge in [0.05, 0.1) is 37.1 Å². The first kappa shape index (κ1) is 35.8. The smallest absolute Gasteiger partial charge is 0.312 e. The fourth-order valence-electron chi connectivity index (χ4n) is 7.22. The zero-order chi connectivity index (χ0) is 33.4. The SMILES string of the molecule is C=CCCC(=O)NC[C@H](C)OC(=O)[C@H]1[C@@H]2O[C@@]3(CC2Br)[C@@H]1C(=O)N([C@@H](CO)Cc1ccccc1)[C@@H]3C(=O)N(CC=C)CCCCC. The lowest BCUT2D eigenvalue weighted by Gasteiger charge is -2.39. The van der Waals surface area contributed by atoms with E-state index in [4.69, 9.17) is 9.47 Å². The van der Waals surface area contributed by atoms with Crippen LogP contribution in [0, 0.1) is 11.8 Å². The van der Waals surface area contributed by atoms with Crippen LogP contribution in [-0.2, 0) is 35.1 Å². The number of nitrogens with one attached hydrogen (secondary N) is 1. The van der Waals surface area contributed by atoms with E-state index in [1.165, 1.54) is 4.90 Å². The zero-order valence-electron chi connectivity index (χ0n) is 26.9. The molecule has 8 atom stereocenters. The highest BCUT2D eigenvalue weighted by Crippen LogP contribution is 2.60. The van der Waals surface area contributed by atoms with Crippen molar-refractivity contribution in [1.82, 2.24) is 15.1 Å². The molecule has 1 spiro atoms. The number of likely N-dealkylation sites (tertiary alicyclic amines) is 1. The van der Waals surface area contributed by atoms with Gasteiger partial charge in [-0.2, -0.15) is 0 Å². The minimum absolute atomic E-state index is 0.118. The van der Waals surface area contributed by atoms with Gasteiger partial charge in [-0.25, -0.2) is 0 Å². The lowest BCUT2D eigenvalue weighted by Crippen LogP contribution is -2.59. The topological polar surface area (TPSA) is 125 Å². The molecule has 4 rings (SSSR count). The number of amides is 3. The summed E-state index contributed by atoms with van der Waals surface area (Å²) in [4.78, 5) is 58.1. The lowest BCUT2D eigenvalue weighted by atomic mass is 9.70. The third-order valence-electron chi connectivity index (χ3n) is 9.32. The molecule has 0 aromatic heterocycles. The van der Waals surface area contributed by atoms with Crippen LogP contribution < -0.4 is 5.32 Å². The van der Waals surface area contributed by atoms with E-state index in [0.29, 0.717) is 32.4 Å². The fraction of sp³-hybridized carbons (Fsp3) is 0.600. The lowest BCUT2D eigenvalue weighted by molar-refractivity contribution is -0.160. The van der Waals surface area contributed by atoms with Crippen LogP contribution in [-0.4, -0.2) is 99.6 Å². The number of aliphatic hydroxyl groups excluding tert-OH is 1. The summed E-state index contributed by atoms with van der Waals surface area (Å²) in [7, 11) is 0. The molecule has 1 aromatic carbocycles. The summed E-state index contributed by atoms with van der Waals surface area (Å²) in [5.74, 6) is -3.38. The van der Waals surface area contributed by atoms with Crippen LogP contribution in [0.3, 0.4) is 0 Å². The molecule has 46 heavy (non-hydrogen) atoms. The van der Waals surface area contributed by atoms with E-state index >= 15 is 0 Å². The monoisotopic (exact) mass is 701 g/mol. The summed E-state index contributed by atoms with van der Waals surface area (Å²) in [5, 5.41) is 13.5. The molecule has 1 aromatic rings. The van der Waals surface area contributed by atoms with Gasteiger partial charge in [-0.15, -0.1) is 13.2 Å². The normalized spacial score (nSPS) is 27.5. The number of halogens is 1. The van der Waals surface area contributed by atoms with Crippen LogP contribution >= 0.6 is 15.9 Å². The molecular weight excluding hydrogens is 654 g/mol. The van der Waals surface area contributed by atoms with E-state index in [-0.39, 0.29) is 36.2 Å². The van der Waals surface area contributed by atoms with Crippen molar-refractivity contribution in [1.29, 1.82) is 0 Å². The molecule has 3 amide bonds. The number of esters is 1. The number of rotatable bonds is 18. The molecular formula is C35H48BrN3O7. The largest absolute Gasteiger partial charge is 0.460 e. The van der Waals surface area contributed by atoms with E-state index in [0.717, 1.165) is 24.8 Å². The highest BCUT2D eigenvalue weighted by atomic mass is 79.9. The summed E-state index contributed by atoms with van der Waals surface area (Å²) in [6.07, 6.45) is 6.22. The van der Waals surface area contributed by atoms with Crippen molar-refractivity contribution in [3.8, 4) is 0 Å². The van der Waals surface area contributed by atoms with Crippen LogP contribution in [0.2, 0.25) is 0 Å². The molecule has 3 fully saturated rings. The quantitative estimate of drug-likeness (QED) is 0.104. The Morgan fingerprint density at radius 2 is 1.98 bits per heavy atom. The maximum atomic E-state index is 14.6. The van der Waals surface area contributed by atoms with Gasteiger partial charge in [0.1, 0.15) is 17.7 Å². The molecule has 2 bridgehead atoms. The molecule has 11 heteroatoms. The fourth-order valence-corrected chi connectivity index (χ4v) is 8.16. The van der Waals surface area contributed by atoms with Crippen molar-refractivity contribution < 1.29 is 33.8 Å². The van der Waals surface area contributed by atoms with Gasteiger partial charge < -0.3 is 29.7 Å². The van der Waals surface area contributed by atoms with E-state index in [2.05, 4.69) is 41.3 Å². The van der Waals surface area contributed by atoms with E-state index in [1.54, 1.807) is 24.0 Å². The first-order valence-corrected chi connectivity index (χ1v) is 17.3. The number of fused-ring (bicyclic) bond motifs is 1. The molecule has 10 nitrogen and oxygen atoms in total. The number of hydrogen-bond acceptors (Lipinski definition) is 7. The van der Waals surface area contributed by atoms with Crippen molar-refractivity contribution in [2.45, 2.75) is 93.5 Å². The number of unbranched alkanes of at least 4 members (excludes halogenated alkanes) is 2. The van der Waals surface area contributed by atoms with E-state index in [9.17, 15) is 24.3 Å². The highest BCUT2D eigenvalue weighted by molar-refractivity contribution is 9.09. The second-order valence-corrected chi connectivity index (χ2v) is 13.8. The van der Waals surface area contributed by atoms with Gasteiger partial charge in [0.25, 0.3) is 0 Å². The highest BCUT2D eigenvalue weighted by Gasteiger charge is 2.77. The van der Waals surface area contributed by atoms with Crippen LogP contribution in [0.4, 0.5) is 0 Å². The van der Waals surface area contributed by atoms with Crippen LogP contribution in [0.25, 0.3) is 0 Å². The summed E-state index contributed by atoms with van der Waals surface area (Å²) in [5.41, 5.74) is -0.378. The Bertz CT molecular complexity index is 1260. The number of benzene rings is 1. The number of aliphatic hydroxyl groups is 1. The molecule has 3 heterocycles. The second kappa shape index (κ2) is 16.2. The van der Waals surface area contributed by atoms with Gasteiger partial charge in [-0.05, 0) is 38.2 Å². The molecule has 1 unspecified atom stereocenters. The van der Waals surface area contributed by atoms with Crippen molar-refractivity contribution in [3.63, 3.8) is 0 Å². The Kier molecular flexibility index (Phi) is 12.6. The zero-order valence-corrected chi connectivity index (χ0v) is 28.5. The number of allylic oxidation sites excluding steroid dienone is 1. The number of hydrogen-bond donors (Lipinski definition) is 2. The predicted molar refractivity (Wildman–Crippen MR) is 178 cm³/mol. The number of nitrogens with zero attached hydrogens (tertiary/aromatic N) is 2. The average molecular weight is 703 g/mol. The van der Waals surface area contributed by atoms with E-state index < -0.39 is 53.6 Å². The van der Waals surface area contributed by atoms with Gasteiger partial charge in [0.2, 0.25) is 17.7 Å². The molecule has 3 saturated heterocycles. The second-order valence-electron chi connectivity index (χ2n) is 12.6. The summed E-state index contributed by atoms with van der Waals surface area (Å²) < 4.78 is 12.4. The predicted octanol–water partition coefficient (Wildman–Crippen LogP) is 3.56. The average Bonchev–Trinajstić information content (AvgIpc) is 3.64. The Morgan fingerprint density at radius 1 is 1.24 bits per heavy atom. The van der Waals surface area contributed by atoms with Gasteiger partial charge in [-0.3, -0.25) is 19.2 Å². The molecule has 3 aliphatic heterocycles. The van der Waals surface area contributed by atoms with Gasteiger partial charge in [-0.1, -0.05) is 78.2 Å². The van der Waals surface area contributed by atoms with Gasteiger partial charge in [0.15, 0.2) is 0 Å². The van der Waals surface area contributed by atoms with Gasteiger partial charge >= 0.3 is 5.97 Å². The minimum Gasteiger partial charge on any atom is -0.460 e. The van der Waals surface area contributed by atoms with E-state index in [1.807, 2.05) is 30.3 Å². The summed E-state index contributed by atoms with van der Waals surface area (Å²) >= 11 is 3.70.